The molecule has 0 saturated heterocycles. The topological polar surface area (TPSA) is 42.4 Å². The van der Waals surface area contributed by atoms with Gasteiger partial charge < -0.3 is 18.3 Å². The number of benzene rings is 1. The molecule has 0 fully saturated rings. The normalized spacial score (nSPS) is 9.12. The van der Waals surface area contributed by atoms with Gasteiger partial charge in [-0.2, -0.15) is 0 Å². The van der Waals surface area contributed by atoms with E-state index in [9.17, 15) is 0 Å². The molecule has 0 atom stereocenters. The molecule has 2 rings (SSSR count). The zero-order valence-electron chi connectivity index (χ0n) is 9.47. The summed E-state index contributed by atoms with van der Waals surface area (Å²) >= 11 is 0. The van der Waals surface area contributed by atoms with E-state index in [4.69, 9.17) is 9.84 Å². The van der Waals surface area contributed by atoms with Crippen LogP contribution in [0.2, 0.25) is 0 Å². The number of pyridine rings is 1. The molecule has 0 aliphatic carbocycles. The van der Waals surface area contributed by atoms with Crippen LogP contribution in [0.5, 0.6) is 5.88 Å². The summed E-state index contributed by atoms with van der Waals surface area (Å²) in [5.41, 5.74) is 1.59. The quantitative estimate of drug-likeness (QED) is 0.621. The molecule has 16 heavy (non-hydrogen) atoms. The molecule has 0 unspecified atom stereocenters. The molecule has 1 heterocycles. The summed E-state index contributed by atoms with van der Waals surface area (Å²) < 4.78 is 5.07. The molecule has 4 radical (unpaired) electrons. The van der Waals surface area contributed by atoms with Gasteiger partial charge >= 0.3 is 29.6 Å². The molecule has 1 aromatic carbocycles. The van der Waals surface area contributed by atoms with Crippen molar-refractivity contribution in [3.8, 4) is 5.88 Å². The van der Waals surface area contributed by atoms with Gasteiger partial charge in [-0.3, -0.25) is 0 Å². The van der Waals surface area contributed by atoms with Gasteiger partial charge in [-0.25, -0.2) is 4.98 Å². The van der Waals surface area contributed by atoms with E-state index in [-0.39, 0.29) is 44.6 Å². The van der Waals surface area contributed by atoms with Crippen LogP contribution in [-0.2, 0) is 6.61 Å². The fourth-order valence-electron chi connectivity index (χ4n) is 1.43. The van der Waals surface area contributed by atoms with Crippen LogP contribution < -0.4 is 34.3 Å². The van der Waals surface area contributed by atoms with Crippen molar-refractivity contribution in [1.29, 1.82) is 0 Å². The molecule has 76 valence electrons. The van der Waals surface area contributed by atoms with Crippen molar-refractivity contribution in [1.82, 2.24) is 4.98 Å². The Bertz CT molecular complexity index is 422. The van der Waals surface area contributed by atoms with E-state index in [0.29, 0.717) is 11.4 Å². The predicted molar refractivity (Wildman–Crippen MR) is 60.0 cm³/mol. The summed E-state index contributed by atoms with van der Waals surface area (Å²) in [6, 6.07) is 9.63. The number of fused-ring (bicyclic) bond motifs is 1. The second-order valence-corrected chi connectivity index (χ2v) is 3.01. The number of ether oxygens (including phenoxy) is 1. The average molecular weight is 223 g/mol. The van der Waals surface area contributed by atoms with Crippen molar-refractivity contribution in [2.45, 2.75) is 6.61 Å². The number of aromatic nitrogens is 1. The fraction of sp³-hybridized carbons (Fsp3) is 0.182. The Balaban J connectivity index is 0.00000112. The Morgan fingerprint density at radius 3 is 2.62 bits per heavy atom. The Kier molecular flexibility index (Phi) is 6.68. The second-order valence-electron chi connectivity index (χ2n) is 3.01. The van der Waals surface area contributed by atoms with Gasteiger partial charge in [-0.05, 0) is 12.1 Å². The maximum atomic E-state index is 9.09. The van der Waals surface area contributed by atoms with Crippen LogP contribution in [-0.4, -0.2) is 25.6 Å². The molecule has 3 nitrogen and oxygen atoms in total. The molecule has 5 heteroatoms. The van der Waals surface area contributed by atoms with Crippen LogP contribution in [0.15, 0.2) is 30.3 Å². The molecule has 1 N–H and O–H groups in total. The smallest absolute Gasteiger partial charge is 1.00 e. The van der Waals surface area contributed by atoms with Gasteiger partial charge in [-0.15, -0.1) is 0 Å². The Hall–Kier alpha value is -0.545. The summed E-state index contributed by atoms with van der Waals surface area (Å²) in [5, 5.41) is 10.1. The van der Waals surface area contributed by atoms with E-state index in [1.807, 2.05) is 30.3 Å². The van der Waals surface area contributed by atoms with Gasteiger partial charge in [0.2, 0.25) is 5.88 Å². The Labute approximate surface area is 119 Å². The molecule has 0 spiro atoms. The third kappa shape index (κ3) is 2.98. The maximum absolute atomic E-state index is 9.09. The van der Waals surface area contributed by atoms with Crippen LogP contribution in [0.3, 0.4) is 0 Å². The molecule has 0 saturated carbocycles. The van der Waals surface area contributed by atoms with Crippen LogP contribution in [0, 0.1) is 0 Å². The SMILES string of the molecule is COc1nc2ccccc2cc1CO.[B-].[Na+]. The summed E-state index contributed by atoms with van der Waals surface area (Å²) in [5.74, 6) is 0.492. The van der Waals surface area contributed by atoms with E-state index in [0.717, 1.165) is 10.9 Å². The third-order valence-electron chi connectivity index (χ3n) is 2.13. The fourth-order valence-corrected chi connectivity index (χ4v) is 1.43. The largest absolute Gasteiger partial charge is 1.00 e. The molecular formula is C11H11BNNaO2. The first kappa shape index (κ1) is 15.5. The number of methoxy groups -OCH3 is 1. The number of nitrogens with zero attached hydrogens (tertiary/aromatic N) is 1. The summed E-state index contributed by atoms with van der Waals surface area (Å²) in [6.07, 6.45) is 0. The van der Waals surface area contributed by atoms with E-state index in [1.54, 1.807) is 7.11 Å². The van der Waals surface area contributed by atoms with Crippen molar-refractivity contribution in [3.63, 3.8) is 0 Å². The number of hydrogen-bond acceptors (Lipinski definition) is 3. The second kappa shape index (κ2) is 6.91. The zero-order valence-corrected chi connectivity index (χ0v) is 11.5. The van der Waals surface area contributed by atoms with Gasteiger partial charge in [0.25, 0.3) is 0 Å². The van der Waals surface area contributed by atoms with Gasteiger partial charge in [0.1, 0.15) is 0 Å². The molecule has 0 aliphatic rings. The first-order valence-electron chi connectivity index (χ1n) is 4.38. The molecule has 0 bridgehead atoms. The van der Waals surface area contributed by atoms with Crippen molar-refractivity contribution in [3.05, 3.63) is 35.9 Å². The maximum Gasteiger partial charge on any atom is 1.00 e. The van der Waals surface area contributed by atoms with Crippen molar-refractivity contribution in [2.75, 3.05) is 7.11 Å². The first-order valence-corrected chi connectivity index (χ1v) is 4.38. The number of aliphatic hydroxyl groups is 1. The minimum atomic E-state index is -0.0546. The average Bonchev–Trinajstić information content (AvgIpc) is 2.27. The van der Waals surface area contributed by atoms with E-state index in [2.05, 4.69) is 4.98 Å². The van der Waals surface area contributed by atoms with Gasteiger partial charge in [0.15, 0.2) is 0 Å². The molecule has 0 aliphatic heterocycles. The van der Waals surface area contributed by atoms with Gasteiger partial charge in [0, 0.05) is 10.9 Å². The minimum absolute atomic E-state index is 0. The monoisotopic (exact) mass is 223 g/mol. The Morgan fingerprint density at radius 1 is 1.31 bits per heavy atom. The minimum Gasteiger partial charge on any atom is -1.00 e. The molecular weight excluding hydrogens is 212 g/mol. The Morgan fingerprint density at radius 2 is 2.00 bits per heavy atom. The first-order chi connectivity index (χ1) is 6.85. The standard InChI is InChI=1S/C11H11NO2.B.Na/c1-14-11-9(7-13)6-8-4-2-3-5-10(8)12-11;;/h2-6,13H,7H2,1H3;;/q;-1;+1. The number of aliphatic hydroxyl groups excluding tert-OH is 1. The van der Waals surface area contributed by atoms with Crippen molar-refractivity contribution >= 4 is 19.3 Å². The number of para-hydroxylation sites is 1. The van der Waals surface area contributed by atoms with Crippen LogP contribution >= 0.6 is 0 Å². The van der Waals surface area contributed by atoms with E-state index < -0.39 is 0 Å². The molecule has 2 aromatic rings. The molecule has 1 aromatic heterocycles. The van der Waals surface area contributed by atoms with E-state index >= 15 is 0 Å². The van der Waals surface area contributed by atoms with Crippen LogP contribution in [0.25, 0.3) is 10.9 Å². The predicted octanol–water partition coefficient (Wildman–Crippen LogP) is -1.64. The van der Waals surface area contributed by atoms with Gasteiger partial charge in [0.05, 0.1) is 19.2 Å². The van der Waals surface area contributed by atoms with Crippen LogP contribution in [0.1, 0.15) is 5.56 Å². The van der Waals surface area contributed by atoms with E-state index in [1.165, 1.54) is 0 Å². The number of rotatable bonds is 2. The summed E-state index contributed by atoms with van der Waals surface area (Å²) in [7, 11) is 1.55. The van der Waals surface area contributed by atoms with Crippen molar-refractivity contribution < 1.29 is 39.4 Å². The van der Waals surface area contributed by atoms with Crippen molar-refractivity contribution in [2.24, 2.45) is 0 Å². The third-order valence-corrected chi connectivity index (χ3v) is 2.13. The summed E-state index contributed by atoms with van der Waals surface area (Å²) in [4.78, 5) is 4.28. The molecule has 0 amide bonds. The number of hydrogen-bond donors (Lipinski definition) is 1. The van der Waals surface area contributed by atoms with Crippen LogP contribution in [0.4, 0.5) is 0 Å². The zero-order chi connectivity index (χ0) is 9.97. The summed E-state index contributed by atoms with van der Waals surface area (Å²) in [6.45, 7) is -0.0546. The van der Waals surface area contributed by atoms with Gasteiger partial charge in [-0.1, -0.05) is 18.2 Å².